The molecule has 16 heavy (non-hydrogen) atoms. The van der Waals surface area contributed by atoms with Crippen LogP contribution in [-0.4, -0.2) is 43.3 Å². The van der Waals surface area contributed by atoms with Crippen molar-refractivity contribution in [2.45, 2.75) is 39.7 Å². The summed E-state index contributed by atoms with van der Waals surface area (Å²) in [7, 11) is 0. The molecule has 4 nitrogen and oxygen atoms in total. The lowest BCUT2D eigenvalue weighted by Crippen LogP contribution is -2.45. The van der Waals surface area contributed by atoms with Gasteiger partial charge in [-0.2, -0.15) is 0 Å². The molecule has 1 rings (SSSR count). The zero-order valence-electron chi connectivity index (χ0n) is 10.7. The van der Waals surface area contributed by atoms with Crippen LogP contribution in [0.5, 0.6) is 0 Å². The Balaban J connectivity index is 2.44. The van der Waals surface area contributed by atoms with Crippen molar-refractivity contribution < 1.29 is 9.53 Å². The average Bonchev–Trinajstić information content (AvgIpc) is 2.69. The van der Waals surface area contributed by atoms with Gasteiger partial charge in [0.2, 0.25) is 0 Å². The zero-order valence-corrected chi connectivity index (χ0v) is 10.7. The predicted molar refractivity (Wildman–Crippen MR) is 64.5 cm³/mol. The molecule has 2 atom stereocenters. The van der Waals surface area contributed by atoms with Gasteiger partial charge in [0, 0.05) is 12.6 Å². The summed E-state index contributed by atoms with van der Waals surface area (Å²) in [6, 6.07) is 0.385. The summed E-state index contributed by atoms with van der Waals surface area (Å²) in [4.78, 5) is 13.2. The van der Waals surface area contributed by atoms with E-state index in [1.165, 1.54) is 0 Å². The summed E-state index contributed by atoms with van der Waals surface area (Å²) in [5.74, 6) is 0.583. The summed E-state index contributed by atoms with van der Waals surface area (Å²) >= 11 is 0. The number of nitrogens with zero attached hydrogens (tertiary/aromatic N) is 1. The van der Waals surface area contributed by atoms with Crippen molar-refractivity contribution in [3.63, 3.8) is 0 Å². The molecule has 1 heterocycles. The molecule has 1 aliphatic heterocycles. The van der Waals surface area contributed by atoms with Gasteiger partial charge in [-0.1, -0.05) is 27.2 Å². The molecule has 0 aliphatic carbocycles. The summed E-state index contributed by atoms with van der Waals surface area (Å²) in [5, 5.41) is 3.52. The molecular formula is C12H24N2O2. The Bertz CT molecular complexity index is 221. The molecular weight excluding hydrogens is 204 g/mol. The standard InChI is InChI=1S/C12H24N2O2/c1-4-6-13-11(10(3)5-2)9-14-7-8-16-12(14)15/h10-11,13H,4-9H2,1-3H3. The summed E-state index contributed by atoms with van der Waals surface area (Å²) in [6.45, 7) is 9.64. The number of nitrogens with one attached hydrogen (secondary N) is 1. The van der Waals surface area contributed by atoms with Crippen molar-refractivity contribution >= 4 is 6.09 Å². The number of hydrogen-bond donors (Lipinski definition) is 1. The van der Waals surface area contributed by atoms with E-state index in [2.05, 4.69) is 26.1 Å². The van der Waals surface area contributed by atoms with Crippen LogP contribution in [-0.2, 0) is 4.74 Å². The van der Waals surface area contributed by atoms with E-state index in [-0.39, 0.29) is 6.09 Å². The number of hydrogen-bond acceptors (Lipinski definition) is 3. The topological polar surface area (TPSA) is 41.6 Å². The highest BCUT2D eigenvalue weighted by molar-refractivity contribution is 5.69. The van der Waals surface area contributed by atoms with Crippen LogP contribution in [0.3, 0.4) is 0 Å². The van der Waals surface area contributed by atoms with Crippen LogP contribution in [0.4, 0.5) is 4.79 Å². The van der Waals surface area contributed by atoms with Gasteiger partial charge in [0.05, 0.1) is 6.54 Å². The van der Waals surface area contributed by atoms with Crippen molar-refractivity contribution in [1.82, 2.24) is 10.2 Å². The van der Waals surface area contributed by atoms with Gasteiger partial charge in [-0.05, 0) is 18.9 Å². The Labute approximate surface area is 98.3 Å². The molecule has 0 saturated carbocycles. The van der Waals surface area contributed by atoms with Gasteiger partial charge in [0.25, 0.3) is 0 Å². The number of carbonyl (C=O) groups excluding carboxylic acids is 1. The third-order valence-electron chi connectivity index (χ3n) is 3.25. The minimum atomic E-state index is -0.161. The summed E-state index contributed by atoms with van der Waals surface area (Å²) in [6.07, 6.45) is 2.09. The average molecular weight is 228 g/mol. The SMILES string of the molecule is CCCNC(CN1CCOC1=O)C(C)CC. The largest absolute Gasteiger partial charge is 0.448 e. The molecule has 1 N–H and O–H groups in total. The maximum Gasteiger partial charge on any atom is 0.409 e. The van der Waals surface area contributed by atoms with Gasteiger partial charge >= 0.3 is 6.09 Å². The van der Waals surface area contributed by atoms with Gasteiger partial charge in [0.1, 0.15) is 6.61 Å². The number of ether oxygens (including phenoxy) is 1. The summed E-state index contributed by atoms with van der Waals surface area (Å²) in [5.41, 5.74) is 0. The van der Waals surface area contributed by atoms with Crippen LogP contribution in [0, 0.1) is 5.92 Å². The lowest BCUT2D eigenvalue weighted by atomic mass is 9.98. The maximum atomic E-state index is 11.4. The van der Waals surface area contributed by atoms with Crippen molar-refractivity contribution in [2.24, 2.45) is 5.92 Å². The van der Waals surface area contributed by atoms with Crippen molar-refractivity contribution in [2.75, 3.05) is 26.2 Å². The highest BCUT2D eigenvalue weighted by Gasteiger charge is 2.26. The first kappa shape index (κ1) is 13.3. The van der Waals surface area contributed by atoms with Crippen LogP contribution in [0.2, 0.25) is 0 Å². The molecule has 1 aliphatic rings. The highest BCUT2D eigenvalue weighted by atomic mass is 16.6. The first-order chi connectivity index (χ1) is 7.69. The Hall–Kier alpha value is -0.770. The molecule has 1 saturated heterocycles. The quantitative estimate of drug-likeness (QED) is 0.723. The minimum Gasteiger partial charge on any atom is -0.448 e. The molecule has 94 valence electrons. The third-order valence-corrected chi connectivity index (χ3v) is 3.25. The van der Waals surface area contributed by atoms with Gasteiger partial charge in [0.15, 0.2) is 0 Å². The van der Waals surface area contributed by atoms with Crippen molar-refractivity contribution in [1.29, 1.82) is 0 Å². The zero-order chi connectivity index (χ0) is 12.0. The van der Waals surface area contributed by atoms with Crippen LogP contribution >= 0.6 is 0 Å². The molecule has 0 spiro atoms. The number of cyclic esters (lactones) is 1. The molecule has 1 fully saturated rings. The van der Waals surface area contributed by atoms with Crippen molar-refractivity contribution in [3.05, 3.63) is 0 Å². The Morgan fingerprint density at radius 3 is 2.75 bits per heavy atom. The monoisotopic (exact) mass is 228 g/mol. The second kappa shape index (κ2) is 6.74. The second-order valence-corrected chi connectivity index (χ2v) is 4.51. The molecule has 2 unspecified atom stereocenters. The Morgan fingerprint density at radius 1 is 1.50 bits per heavy atom. The fourth-order valence-electron chi connectivity index (χ4n) is 1.89. The smallest absolute Gasteiger partial charge is 0.409 e. The van der Waals surface area contributed by atoms with E-state index >= 15 is 0 Å². The van der Waals surface area contributed by atoms with Crippen LogP contribution in [0.15, 0.2) is 0 Å². The Morgan fingerprint density at radius 2 is 2.25 bits per heavy atom. The van der Waals surface area contributed by atoms with E-state index in [4.69, 9.17) is 4.74 Å². The number of rotatable bonds is 7. The Kier molecular flexibility index (Phi) is 5.60. The van der Waals surface area contributed by atoms with E-state index in [9.17, 15) is 4.79 Å². The van der Waals surface area contributed by atoms with E-state index in [1.807, 2.05) is 0 Å². The molecule has 1 amide bonds. The van der Waals surface area contributed by atoms with Crippen LogP contribution in [0.25, 0.3) is 0 Å². The lowest BCUT2D eigenvalue weighted by molar-refractivity contribution is 0.152. The van der Waals surface area contributed by atoms with Gasteiger partial charge in [-0.3, -0.25) is 0 Å². The minimum absolute atomic E-state index is 0.161. The maximum absolute atomic E-state index is 11.4. The molecule has 0 aromatic carbocycles. The first-order valence-corrected chi connectivity index (χ1v) is 6.34. The third kappa shape index (κ3) is 3.67. The van der Waals surface area contributed by atoms with E-state index in [0.29, 0.717) is 18.6 Å². The highest BCUT2D eigenvalue weighted by Crippen LogP contribution is 2.12. The van der Waals surface area contributed by atoms with Gasteiger partial charge in [-0.25, -0.2) is 4.79 Å². The van der Waals surface area contributed by atoms with E-state index < -0.39 is 0 Å². The van der Waals surface area contributed by atoms with E-state index in [0.717, 1.165) is 32.5 Å². The van der Waals surface area contributed by atoms with Crippen LogP contribution < -0.4 is 5.32 Å². The van der Waals surface area contributed by atoms with Crippen molar-refractivity contribution in [3.8, 4) is 0 Å². The lowest BCUT2D eigenvalue weighted by Gasteiger charge is -2.27. The fraction of sp³-hybridized carbons (Fsp3) is 0.917. The molecule has 0 bridgehead atoms. The van der Waals surface area contributed by atoms with Crippen LogP contribution in [0.1, 0.15) is 33.6 Å². The predicted octanol–water partition coefficient (Wildman–Crippen LogP) is 1.85. The fourth-order valence-corrected chi connectivity index (χ4v) is 1.89. The second-order valence-electron chi connectivity index (χ2n) is 4.51. The normalized spacial score (nSPS) is 19.7. The molecule has 0 aromatic heterocycles. The molecule has 4 heteroatoms. The molecule has 0 aromatic rings. The van der Waals surface area contributed by atoms with E-state index in [1.54, 1.807) is 4.90 Å². The molecule has 0 radical (unpaired) electrons. The van der Waals surface area contributed by atoms with Gasteiger partial charge < -0.3 is 15.0 Å². The number of carbonyl (C=O) groups is 1. The van der Waals surface area contributed by atoms with Gasteiger partial charge in [-0.15, -0.1) is 0 Å². The number of amides is 1. The summed E-state index contributed by atoms with van der Waals surface area (Å²) < 4.78 is 4.94. The first-order valence-electron chi connectivity index (χ1n) is 6.34.